The molecule has 0 saturated carbocycles. The standard InChI is InChI=1S/C38H23N3O.C38H23N3.C32H21N3/c1-3-11-29-27(9-1)37-28-10-2-4-12-30(28)41-34-23-25(19-22-31(34)40(29)38(37)41)24-17-20-26(21-18-24)39-32-13-5-7-15-35(32)42-36-16-8-6-14-33(36)39;1-5-13-31-27(9-1)28-10-2-6-14-32(28)39(31)26-20-17-24(18-21-26)25-19-22-35-36(23-25)41-34-16-8-4-12-30(34)37-29-11-3-7-15-33(29)40(35)38(37)41;1-3-12-22(13-4-1)33(23-14-5-2-6-15-23)29-21-11-17-25-30-24-16-7-8-18-26(24)34-27-19-9-10-20-28(27)35(31(25)29)32(30)34/h1-23H;1-23H;1-21H. The van der Waals surface area contributed by atoms with Crippen LogP contribution in [0.1, 0.15) is 0 Å². The van der Waals surface area contributed by atoms with Gasteiger partial charge in [-0.15, -0.1) is 0 Å². The number of anilines is 6. The van der Waals surface area contributed by atoms with Gasteiger partial charge in [0.25, 0.3) is 0 Å². The van der Waals surface area contributed by atoms with Gasteiger partial charge in [-0.05, 0) is 180 Å². The van der Waals surface area contributed by atoms with E-state index in [2.05, 4.69) is 423 Å². The summed E-state index contributed by atoms with van der Waals surface area (Å²) in [6, 6.07) is 146. The van der Waals surface area contributed by atoms with Gasteiger partial charge in [-0.2, -0.15) is 0 Å². The first kappa shape index (κ1) is 64.5. The van der Waals surface area contributed by atoms with Crippen molar-refractivity contribution < 1.29 is 4.74 Å². The van der Waals surface area contributed by atoms with Gasteiger partial charge in [0.15, 0.2) is 11.5 Å². The highest BCUT2D eigenvalue weighted by Gasteiger charge is 2.30. The SMILES string of the molecule is c1ccc(N(c2ccccc2)c2cccc3c4c5ccccc5n5c6ccccc6n(c23)c45)cc1.c1ccc2c(c1)Oc1ccccc1N2c1ccc(-c2ccc3c(c2)n2c4ccccc4c4c5ccccc5n3c42)cc1.c1ccc2c(c1)c1ccccc1n2-c1ccc(-c2ccc3c(c2)n2c4ccccc4c4c5ccccc5n3c42)cc1. The Kier molecular flexibility index (Phi) is 13.5. The third-order valence-electron chi connectivity index (χ3n) is 25.0. The van der Waals surface area contributed by atoms with Crippen LogP contribution in [0.2, 0.25) is 0 Å². The van der Waals surface area contributed by atoms with Crippen LogP contribution >= 0.6 is 0 Å². The molecule has 118 heavy (non-hydrogen) atoms. The first-order valence-electron chi connectivity index (χ1n) is 40.4. The average Bonchev–Trinajstić information content (AvgIpc) is 1.52. The highest BCUT2D eigenvalue weighted by molar-refractivity contribution is 6.28. The second-order valence-electron chi connectivity index (χ2n) is 31.1. The highest BCUT2D eigenvalue weighted by Crippen LogP contribution is 2.53. The molecular formula is C108H67N9O. The largest absolute Gasteiger partial charge is 0.453 e. The second kappa shape index (κ2) is 24.7. The van der Waals surface area contributed by atoms with Gasteiger partial charge in [-0.1, -0.05) is 249 Å². The Morgan fingerprint density at radius 3 is 0.958 bits per heavy atom. The molecule has 10 heteroatoms. The fraction of sp³-hybridized carbons (Fsp3) is 0. The van der Waals surface area contributed by atoms with Crippen LogP contribution < -0.4 is 14.5 Å². The lowest BCUT2D eigenvalue weighted by Crippen LogP contribution is -2.15. The lowest BCUT2D eigenvalue weighted by molar-refractivity contribution is 0.477. The van der Waals surface area contributed by atoms with Crippen LogP contribution in [0.3, 0.4) is 0 Å². The molecule has 550 valence electrons. The van der Waals surface area contributed by atoms with Gasteiger partial charge in [0.05, 0.1) is 94.3 Å². The fourth-order valence-electron chi connectivity index (χ4n) is 20.2. The summed E-state index contributed by atoms with van der Waals surface area (Å²) >= 11 is 0. The van der Waals surface area contributed by atoms with Crippen molar-refractivity contribution in [2.24, 2.45) is 0 Å². The van der Waals surface area contributed by atoms with E-state index < -0.39 is 0 Å². The number of hydrogen-bond donors (Lipinski definition) is 0. The van der Waals surface area contributed by atoms with Crippen LogP contribution in [0.25, 0.3) is 181 Å². The van der Waals surface area contributed by atoms with E-state index in [1.165, 1.54) is 187 Å². The molecule has 0 fully saturated rings. The van der Waals surface area contributed by atoms with Crippen molar-refractivity contribution in [1.82, 2.24) is 31.0 Å². The molecule has 0 bridgehead atoms. The summed E-state index contributed by atoms with van der Waals surface area (Å²) in [4.78, 5) is 4.65. The lowest BCUT2D eigenvalue weighted by Gasteiger charge is -2.32. The summed E-state index contributed by atoms with van der Waals surface area (Å²) < 4.78 is 23.3. The Bertz CT molecular complexity index is 8580. The highest BCUT2D eigenvalue weighted by atomic mass is 16.5. The monoisotopic (exact) mass is 1510 g/mol. The molecule has 17 aromatic carbocycles. The molecule has 0 unspecified atom stereocenters. The molecular weight excluding hydrogens is 1440 g/mol. The molecule has 0 atom stereocenters. The van der Waals surface area contributed by atoms with Gasteiger partial charge in [-0.25, -0.2) is 0 Å². The zero-order chi connectivity index (χ0) is 77.0. The topological polar surface area (TPSA) is 47.1 Å². The van der Waals surface area contributed by atoms with Crippen molar-refractivity contribution in [3.05, 3.63) is 406 Å². The zero-order valence-corrected chi connectivity index (χ0v) is 63.6. The molecule has 28 rings (SSSR count). The predicted octanol–water partition coefficient (Wildman–Crippen LogP) is 28.7. The number of fused-ring (bicyclic) bond motifs is 32. The number of rotatable bonds is 7. The summed E-state index contributed by atoms with van der Waals surface area (Å²) in [5, 5.41) is 14.3. The van der Waals surface area contributed by atoms with Crippen LogP contribution in [-0.4, -0.2) is 31.0 Å². The van der Waals surface area contributed by atoms with E-state index in [4.69, 9.17) is 4.74 Å². The molecule has 0 saturated heterocycles. The molecule has 1 aliphatic heterocycles. The second-order valence-corrected chi connectivity index (χ2v) is 31.1. The quantitative estimate of drug-likeness (QED) is 0.160. The van der Waals surface area contributed by atoms with Crippen LogP contribution in [-0.2, 0) is 0 Å². The van der Waals surface area contributed by atoms with Gasteiger partial charge in [0, 0.05) is 82.0 Å². The number of para-hydroxylation sites is 16. The normalized spacial score (nSPS) is 12.5. The summed E-state index contributed by atoms with van der Waals surface area (Å²) in [6.45, 7) is 0. The van der Waals surface area contributed by atoms with Crippen LogP contribution in [0, 0.1) is 0 Å². The maximum atomic E-state index is 6.21. The molecule has 0 spiro atoms. The number of imidazole rings is 3. The van der Waals surface area contributed by atoms with Crippen LogP contribution in [0.5, 0.6) is 11.5 Å². The number of ether oxygens (including phenoxy) is 1. The number of hydrogen-bond acceptors (Lipinski definition) is 3. The smallest absolute Gasteiger partial charge is 0.151 e. The minimum atomic E-state index is 0.862. The Hall–Kier alpha value is -16.0. The van der Waals surface area contributed by atoms with Gasteiger partial charge >= 0.3 is 0 Å². The molecule has 11 heterocycles. The van der Waals surface area contributed by atoms with E-state index in [1.54, 1.807) is 0 Å². The first-order chi connectivity index (χ1) is 58.6. The average molecular weight is 1510 g/mol. The summed E-state index contributed by atoms with van der Waals surface area (Å²) in [7, 11) is 0. The third kappa shape index (κ3) is 8.99. The molecule has 10 nitrogen and oxygen atoms in total. The summed E-state index contributed by atoms with van der Waals surface area (Å²) in [6.07, 6.45) is 0. The minimum absolute atomic E-state index is 0.862. The maximum absolute atomic E-state index is 6.21. The van der Waals surface area contributed by atoms with Crippen molar-refractivity contribution in [2.75, 3.05) is 9.80 Å². The Morgan fingerprint density at radius 2 is 0.517 bits per heavy atom. The van der Waals surface area contributed by atoms with E-state index in [0.29, 0.717) is 0 Å². The summed E-state index contributed by atoms with van der Waals surface area (Å²) in [5.74, 6) is 1.72. The van der Waals surface area contributed by atoms with E-state index in [9.17, 15) is 0 Å². The maximum Gasteiger partial charge on any atom is 0.151 e. The molecule has 0 amide bonds. The van der Waals surface area contributed by atoms with Gasteiger partial charge in [-0.3, -0.25) is 26.4 Å². The number of benzene rings is 17. The Balaban J connectivity index is 0.0000000967. The number of nitrogens with zero attached hydrogens (tertiary/aromatic N) is 9. The van der Waals surface area contributed by atoms with E-state index >= 15 is 0 Å². The van der Waals surface area contributed by atoms with Crippen LogP contribution in [0.15, 0.2) is 406 Å². The molecule has 1 aliphatic rings. The van der Waals surface area contributed by atoms with Gasteiger partial charge < -0.3 is 19.1 Å². The molecule has 0 aliphatic carbocycles. The van der Waals surface area contributed by atoms with Crippen molar-refractivity contribution in [2.45, 2.75) is 0 Å². The van der Waals surface area contributed by atoms with Gasteiger partial charge in [0.2, 0.25) is 0 Å². The zero-order valence-electron chi connectivity index (χ0n) is 63.6. The van der Waals surface area contributed by atoms with Crippen molar-refractivity contribution in [1.29, 1.82) is 0 Å². The van der Waals surface area contributed by atoms with E-state index in [0.717, 1.165) is 39.9 Å². The third-order valence-corrected chi connectivity index (χ3v) is 25.0. The fourth-order valence-corrected chi connectivity index (χ4v) is 20.2. The number of aromatic nitrogens is 7. The Labute approximate surface area is 674 Å². The van der Waals surface area contributed by atoms with Gasteiger partial charge in [0.1, 0.15) is 16.9 Å². The first-order valence-corrected chi connectivity index (χ1v) is 40.4. The van der Waals surface area contributed by atoms with Crippen molar-refractivity contribution in [3.63, 3.8) is 0 Å². The minimum Gasteiger partial charge on any atom is -0.453 e. The summed E-state index contributed by atoms with van der Waals surface area (Å²) in [5.41, 5.74) is 33.8. The van der Waals surface area contributed by atoms with E-state index in [1.807, 2.05) is 24.3 Å². The lowest BCUT2D eigenvalue weighted by atomic mass is 10.0. The van der Waals surface area contributed by atoms with Crippen molar-refractivity contribution in [3.8, 4) is 39.4 Å². The van der Waals surface area contributed by atoms with E-state index in [-0.39, 0.29) is 0 Å². The predicted molar refractivity (Wildman–Crippen MR) is 491 cm³/mol. The molecule has 27 aromatic rings. The van der Waals surface area contributed by atoms with Crippen molar-refractivity contribution >= 4 is 188 Å². The molecule has 0 radical (unpaired) electrons. The molecule has 0 N–H and O–H groups in total. The molecule has 10 aromatic heterocycles. The Morgan fingerprint density at radius 1 is 0.203 bits per heavy atom. The van der Waals surface area contributed by atoms with Crippen LogP contribution in [0.4, 0.5) is 34.1 Å².